The highest BCUT2D eigenvalue weighted by Gasteiger charge is 2.20. The van der Waals surface area contributed by atoms with Crippen LogP contribution in [0.3, 0.4) is 0 Å². The predicted molar refractivity (Wildman–Crippen MR) is 109 cm³/mol. The van der Waals surface area contributed by atoms with Gasteiger partial charge in [0.25, 0.3) is 0 Å². The van der Waals surface area contributed by atoms with E-state index in [2.05, 4.69) is 20.9 Å². The van der Waals surface area contributed by atoms with Gasteiger partial charge in [-0.3, -0.25) is 5.32 Å². The molecule has 0 aliphatic heterocycles. The van der Waals surface area contributed by atoms with Crippen LogP contribution in [0.15, 0.2) is 59.3 Å². The average molecular weight is 393 g/mol. The van der Waals surface area contributed by atoms with Crippen molar-refractivity contribution in [3.05, 3.63) is 66.3 Å². The fraction of sp³-hybridized carbons (Fsp3) is 0.190. The smallest absolute Gasteiger partial charge is 0.324 e. The van der Waals surface area contributed by atoms with E-state index in [9.17, 15) is 9.18 Å². The largest absolute Gasteiger partial charge is 0.359 e. The van der Waals surface area contributed by atoms with Crippen LogP contribution >= 0.6 is 0 Å². The number of carbonyl (C=O) groups is 1. The fourth-order valence-corrected chi connectivity index (χ4v) is 2.85. The lowest BCUT2D eigenvalue weighted by atomic mass is 9.93. The number of hydrogen-bond donors (Lipinski definition) is 2. The minimum atomic E-state index is -0.432. The first-order chi connectivity index (χ1) is 13.8. The molecule has 0 aliphatic carbocycles. The lowest BCUT2D eigenvalue weighted by Crippen LogP contribution is -2.19. The Morgan fingerprint density at radius 1 is 1.07 bits per heavy atom. The van der Waals surface area contributed by atoms with Gasteiger partial charge in [-0.15, -0.1) is 0 Å². The predicted octanol–water partition coefficient (Wildman–Crippen LogP) is 5.09. The number of fused-ring (bicyclic) bond motifs is 1. The number of rotatable bonds is 3. The Bertz CT molecular complexity index is 1170. The van der Waals surface area contributed by atoms with Crippen LogP contribution in [0.4, 0.5) is 20.7 Å². The molecule has 2 heterocycles. The molecule has 2 aromatic carbocycles. The fourth-order valence-electron chi connectivity index (χ4n) is 2.85. The summed E-state index contributed by atoms with van der Waals surface area (Å²) < 4.78 is 20.5. The summed E-state index contributed by atoms with van der Waals surface area (Å²) >= 11 is 0. The monoisotopic (exact) mass is 393 g/mol. The van der Waals surface area contributed by atoms with Gasteiger partial charge in [-0.05, 0) is 36.4 Å². The van der Waals surface area contributed by atoms with Gasteiger partial charge in [-0.1, -0.05) is 25.9 Å². The van der Waals surface area contributed by atoms with E-state index in [-0.39, 0.29) is 11.2 Å². The molecular formula is C21H20FN5O2. The summed E-state index contributed by atoms with van der Waals surface area (Å²) in [5, 5.41) is 14.4. The highest BCUT2D eigenvalue weighted by atomic mass is 19.1. The van der Waals surface area contributed by atoms with Gasteiger partial charge in [0.05, 0.1) is 17.4 Å². The maximum atomic E-state index is 13.6. The van der Waals surface area contributed by atoms with Gasteiger partial charge >= 0.3 is 6.03 Å². The van der Waals surface area contributed by atoms with Crippen LogP contribution in [-0.4, -0.2) is 21.0 Å². The summed E-state index contributed by atoms with van der Waals surface area (Å²) in [6.45, 7) is 5.99. The van der Waals surface area contributed by atoms with Crippen molar-refractivity contribution in [3.63, 3.8) is 0 Å². The molecule has 2 aromatic heterocycles. The Labute approximate surface area is 166 Å². The summed E-state index contributed by atoms with van der Waals surface area (Å²) in [4.78, 5) is 12.2. The lowest BCUT2D eigenvalue weighted by Gasteiger charge is -2.12. The zero-order chi connectivity index (χ0) is 20.6. The molecule has 8 heteroatoms. The standard InChI is InChI=1S/C21H20FN5O2/c1-21(2,3)18-11-19(26-29-18)25-20(28)24-15-6-8-16(9-7-15)27-17-10-14(22)5-4-13(17)12-23-27/h4-12H,1-3H3,(H2,24,25,26,28). The van der Waals surface area contributed by atoms with E-state index in [1.54, 1.807) is 47.3 Å². The zero-order valence-corrected chi connectivity index (χ0v) is 16.2. The normalized spacial score (nSPS) is 11.6. The van der Waals surface area contributed by atoms with Crippen molar-refractivity contribution >= 4 is 28.4 Å². The first-order valence-corrected chi connectivity index (χ1v) is 9.08. The number of anilines is 2. The molecule has 2 N–H and O–H groups in total. The van der Waals surface area contributed by atoms with Crippen molar-refractivity contribution < 1.29 is 13.7 Å². The van der Waals surface area contributed by atoms with Crippen LogP contribution in [0.2, 0.25) is 0 Å². The number of benzene rings is 2. The van der Waals surface area contributed by atoms with Gasteiger partial charge in [-0.2, -0.15) is 5.10 Å². The molecule has 29 heavy (non-hydrogen) atoms. The van der Waals surface area contributed by atoms with Crippen LogP contribution in [-0.2, 0) is 5.41 Å². The second kappa shape index (κ2) is 7.05. The Balaban J connectivity index is 1.46. The van der Waals surface area contributed by atoms with Crippen LogP contribution in [0, 0.1) is 5.82 Å². The van der Waals surface area contributed by atoms with Gasteiger partial charge in [0.2, 0.25) is 0 Å². The first kappa shape index (κ1) is 18.7. The number of aromatic nitrogens is 3. The van der Waals surface area contributed by atoms with E-state index in [1.165, 1.54) is 12.1 Å². The number of halogens is 1. The number of carbonyl (C=O) groups excluding carboxylic acids is 1. The highest BCUT2D eigenvalue weighted by molar-refractivity contribution is 5.99. The highest BCUT2D eigenvalue weighted by Crippen LogP contribution is 2.24. The molecule has 4 aromatic rings. The van der Waals surface area contributed by atoms with Gasteiger partial charge in [-0.25, -0.2) is 13.9 Å². The van der Waals surface area contributed by atoms with Crippen molar-refractivity contribution in [2.24, 2.45) is 0 Å². The summed E-state index contributed by atoms with van der Waals surface area (Å²) in [6.07, 6.45) is 1.68. The third-order valence-electron chi connectivity index (χ3n) is 4.39. The van der Waals surface area contributed by atoms with Crippen LogP contribution < -0.4 is 10.6 Å². The van der Waals surface area contributed by atoms with Gasteiger partial charge in [0.1, 0.15) is 11.6 Å². The molecule has 7 nitrogen and oxygen atoms in total. The van der Waals surface area contributed by atoms with Crippen LogP contribution in [0.5, 0.6) is 0 Å². The second-order valence-electron chi connectivity index (χ2n) is 7.71. The minimum Gasteiger partial charge on any atom is -0.359 e. The SMILES string of the molecule is CC(C)(C)c1cc(NC(=O)Nc2ccc(-n3ncc4ccc(F)cc43)cc2)no1. The Hall–Kier alpha value is -3.68. The summed E-state index contributed by atoms with van der Waals surface area (Å²) in [5.41, 5.74) is 1.82. The molecule has 4 rings (SSSR count). The molecule has 0 bridgehead atoms. The Morgan fingerprint density at radius 3 is 2.52 bits per heavy atom. The third-order valence-corrected chi connectivity index (χ3v) is 4.39. The van der Waals surface area contributed by atoms with E-state index in [4.69, 9.17) is 4.52 Å². The van der Waals surface area contributed by atoms with E-state index in [0.717, 1.165) is 11.1 Å². The van der Waals surface area contributed by atoms with E-state index < -0.39 is 6.03 Å². The van der Waals surface area contributed by atoms with Crippen LogP contribution in [0.1, 0.15) is 26.5 Å². The molecule has 2 amide bonds. The maximum Gasteiger partial charge on any atom is 0.324 e. The quantitative estimate of drug-likeness (QED) is 0.507. The third kappa shape index (κ3) is 3.96. The van der Waals surface area contributed by atoms with Crippen molar-refractivity contribution in [3.8, 4) is 5.69 Å². The Kier molecular flexibility index (Phi) is 4.54. The van der Waals surface area contributed by atoms with Gasteiger partial charge in [0.15, 0.2) is 5.82 Å². The molecule has 0 atom stereocenters. The minimum absolute atomic E-state index is 0.196. The number of nitrogens with one attached hydrogen (secondary N) is 2. The average Bonchev–Trinajstić information content (AvgIpc) is 3.29. The molecule has 0 saturated heterocycles. The van der Waals surface area contributed by atoms with Gasteiger partial charge in [0, 0.05) is 28.6 Å². The molecular weight excluding hydrogens is 373 g/mol. The molecule has 148 valence electrons. The molecule has 0 saturated carbocycles. The zero-order valence-electron chi connectivity index (χ0n) is 16.2. The van der Waals surface area contributed by atoms with Gasteiger partial charge < -0.3 is 9.84 Å². The van der Waals surface area contributed by atoms with Crippen molar-refractivity contribution in [1.29, 1.82) is 0 Å². The molecule has 0 radical (unpaired) electrons. The second-order valence-corrected chi connectivity index (χ2v) is 7.71. The topological polar surface area (TPSA) is 85.0 Å². The van der Waals surface area contributed by atoms with Crippen LogP contribution in [0.25, 0.3) is 16.6 Å². The summed E-state index contributed by atoms with van der Waals surface area (Å²) in [6, 6.07) is 12.9. The molecule has 0 aliphatic rings. The lowest BCUT2D eigenvalue weighted by molar-refractivity contribution is 0.262. The van der Waals surface area contributed by atoms with E-state index in [0.29, 0.717) is 22.8 Å². The number of urea groups is 1. The molecule has 0 fully saturated rings. The van der Waals surface area contributed by atoms with E-state index >= 15 is 0 Å². The summed E-state index contributed by atoms with van der Waals surface area (Å²) in [7, 11) is 0. The number of nitrogens with zero attached hydrogens (tertiary/aromatic N) is 3. The molecule has 0 unspecified atom stereocenters. The first-order valence-electron chi connectivity index (χ1n) is 9.08. The van der Waals surface area contributed by atoms with E-state index in [1.807, 2.05) is 20.8 Å². The molecule has 0 spiro atoms. The summed E-state index contributed by atoms with van der Waals surface area (Å²) in [5.74, 6) is 0.700. The number of amides is 2. The number of hydrogen-bond acceptors (Lipinski definition) is 4. The van der Waals surface area contributed by atoms with Crippen molar-refractivity contribution in [1.82, 2.24) is 14.9 Å². The van der Waals surface area contributed by atoms with Crippen molar-refractivity contribution in [2.75, 3.05) is 10.6 Å². The van der Waals surface area contributed by atoms with Crippen molar-refractivity contribution in [2.45, 2.75) is 26.2 Å². The maximum absolute atomic E-state index is 13.6. The Morgan fingerprint density at radius 2 is 1.83 bits per heavy atom.